The van der Waals surface area contributed by atoms with Crippen LogP contribution in [0.5, 0.6) is 0 Å². The number of ketones is 1. The lowest BCUT2D eigenvalue weighted by atomic mass is 9.58. The molecule has 8 atom stereocenters. The molecule has 160 valence electrons. The Kier molecular flexibility index (Phi) is 5.65. The minimum Gasteiger partial charge on any atom is -0.393 e. The van der Waals surface area contributed by atoms with Crippen LogP contribution >= 0.6 is 0 Å². The van der Waals surface area contributed by atoms with Gasteiger partial charge in [0.1, 0.15) is 0 Å². The number of carbonyl (C=O) groups excluding carboxylic acids is 1. The Bertz CT molecular complexity index is 761. The summed E-state index contributed by atoms with van der Waals surface area (Å²) in [5.74, 6) is 1.27. The quantitative estimate of drug-likeness (QED) is 0.631. The molecule has 0 spiro atoms. The van der Waals surface area contributed by atoms with Gasteiger partial charge in [-0.15, -0.1) is 0 Å². The molecule has 4 rings (SSSR count). The van der Waals surface area contributed by atoms with E-state index >= 15 is 0 Å². The van der Waals surface area contributed by atoms with E-state index in [0.29, 0.717) is 30.6 Å². The smallest absolute Gasteiger partial charge is 0.159 e. The van der Waals surface area contributed by atoms with Gasteiger partial charge in [0.2, 0.25) is 0 Å². The number of allylic oxidation sites excluding steroid dienone is 4. The van der Waals surface area contributed by atoms with E-state index in [1.807, 2.05) is 12.2 Å². The van der Waals surface area contributed by atoms with Crippen LogP contribution < -0.4 is 0 Å². The predicted molar refractivity (Wildman–Crippen MR) is 113 cm³/mol. The molecular weight excluding hydrogens is 364 g/mol. The van der Waals surface area contributed by atoms with Crippen molar-refractivity contribution in [2.24, 2.45) is 29.1 Å². The van der Waals surface area contributed by atoms with Crippen molar-refractivity contribution >= 4 is 5.78 Å². The first-order valence-corrected chi connectivity index (χ1v) is 11.4. The Morgan fingerprint density at radius 3 is 2.76 bits per heavy atom. The minimum atomic E-state index is -0.827. The van der Waals surface area contributed by atoms with E-state index in [1.165, 1.54) is 16.7 Å². The number of aliphatic hydroxyl groups excluding tert-OH is 3. The molecule has 2 bridgehead atoms. The van der Waals surface area contributed by atoms with Crippen LogP contribution in [-0.2, 0) is 4.79 Å². The van der Waals surface area contributed by atoms with E-state index in [1.54, 1.807) is 6.92 Å². The summed E-state index contributed by atoms with van der Waals surface area (Å²) in [6, 6.07) is 0. The number of rotatable bonds is 3. The van der Waals surface area contributed by atoms with Crippen LogP contribution in [0.25, 0.3) is 0 Å². The Hall–Kier alpha value is -1.23. The summed E-state index contributed by atoms with van der Waals surface area (Å²) >= 11 is 0. The van der Waals surface area contributed by atoms with Crippen LogP contribution in [0.3, 0.4) is 0 Å². The molecule has 29 heavy (non-hydrogen) atoms. The molecule has 0 aliphatic heterocycles. The molecule has 4 aliphatic carbocycles. The molecule has 0 aromatic rings. The predicted octanol–water partition coefficient (Wildman–Crippen LogP) is 3.71. The number of aliphatic hydroxyl groups is 3. The van der Waals surface area contributed by atoms with Gasteiger partial charge in [0.05, 0.1) is 18.3 Å². The Morgan fingerprint density at radius 2 is 2.03 bits per heavy atom. The molecule has 4 aliphatic rings. The molecule has 2 saturated carbocycles. The van der Waals surface area contributed by atoms with E-state index < -0.39 is 18.3 Å². The first kappa shape index (κ1) is 21.0. The summed E-state index contributed by atoms with van der Waals surface area (Å²) in [4.78, 5) is 13.0. The average Bonchev–Trinajstić information content (AvgIpc) is 2.80. The normalized spacial score (nSPS) is 42.1. The number of hydrogen-bond donors (Lipinski definition) is 3. The molecule has 2 fully saturated rings. The second-order valence-electron chi connectivity index (χ2n) is 10.3. The van der Waals surface area contributed by atoms with Crippen molar-refractivity contribution in [3.05, 3.63) is 34.9 Å². The molecule has 0 aromatic heterocycles. The lowest BCUT2D eigenvalue weighted by Crippen LogP contribution is -2.37. The van der Waals surface area contributed by atoms with Crippen molar-refractivity contribution in [2.45, 2.75) is 84.0 Å². The van der Waals surface area contributed by atoms with Gasteiger partial charge in [-0.3, -0.25) is 4.79 Å². The van der Waals surface area contributed by atoms with Crippen molar-refractivity contribution in [2.75, 3.05) is 0 Å². The summed E-state index contributed by atoms with van der Waals surface area (Å²) in [5, 5.41) is 30.0. The van der Waals surface area contributed by atoms with Crippen LogP contribution in [0, 0.1) is 29.1 Å². The van der Waals surface area contributed by atoms with E-state index in [-0.39, 0.29) is 17.1 Å². The second kappa shape index (κ2) is 7.79. The fraction of sp³-hybridized carbons (Fsp3) is 0.720. The molecule has 0 amide bonds. The molecule has 0 unspecified atom stereocenters. The second-order valence-corrected chi connectivity index (χ2v) is 10.3. The standard InChI is InChI=1S/C25H36O4/c1-14(10-23(28)15(2)26)21-6-7-22-20-13-24(29)17-11-16(4-5-18(27)12-17)19(20)8-9-25(21,22)3/h4,10,13,15,17-19,21-23,26-28H,5-9,11-12H2,1-3H3/b14-10+/t15-,17-,18+,19-,21-,22+,23-,25-/m1/s1. The lowest BCUT2D eigenvalue weighted by Gasteiger charge is -2.46. The Labute approximate surface area is 174 Å². The topological polar surface area (TPSA) is 77.8 Å². The van der Waals surface area contributed by atoms with E-state index in [9.17, 15) is 20.1 Å². The third-order valence-electron chi connectivity index (χ3n) is 8.44. The number of fused-ring (bicyclic) bond motifs is 6. The summed E-state index contributed by atoms with van der Waals surface area (Å²) < 4.78 is 0. The van der Waals surface area contributed by atoms with E-state index in [4.69, 9.17) is 0 Å². The monoisotopic (exact) mass is 400 g/mol. The van der Waals surface area contributed by atoms with Gasteiger partial charge < -0.3 is 15.3 Å². The maximum absolute atomic E-state index is 13.0. The van der Waals surface area contributed by atoms with Gasteiger partial charge in [-0.25, -0.2) is 0 Å². The minimum absolute atomic E-state index is 0.0665. The Balaban J connectivity index is 1.66. The van der Waals surface area contributed by atoms with Crippen LogP contribution in [0.1, 0.15) is 65.7 Å². The van der Waals surface area contributed by atoms with E-state index in [0.717, 1.165) is 32.1 Å². The molecule has 4 nitrogen and oxygen atoms in total. The van der Waals surface area contributed by atoms with Crippen LogP contribution in [-0.4, -0.2) is 39.4 Å². The van der Waals surface area contributed by atoms with Gasteiger partial charge >= 0.3 is 0 Å². The zero-order chi connectivity index (χ0) is 20.9. The van der Waals surface area contributed by atoms with Gasteiger partial charge in [-0.05, 0) is 82.1 Å². The highest BCUT2D eigenvalue weighted by molar-refractivity contribution is 5.93. The largest absolute Gasteiger partial charge is 0.393 e. The number of hydrogen-bond acceptors (Lipinski definition) is 4. The molecule has 0 aromatic carbocycles. The molecule has 0 saturated heterocycles. The fourth-order valence-corrected chi connectivity index (χ4v) is 6.82. The summed E-state index contributed by atoms with van der Waals surface area (Å²) in [6.45, 7) is 6.07. The molecule has 3 N–H and O–H groups in total. The molecule has 0 heterocycles. The van der Waals surface area contributed by atoms with E-state index in [2.05, 4.69) is 19.9 Å². The Morgan fingerprint density at radius 1 is 1.28 bits per heavy atom. The van der Waals surface area contributed by atoms with Crippen molar-refractivity contribution in [1.82, 2.24) is 0 Å². The van der Waals surface area contributed by atoms with Gasteiger partial charge in [-0.1, -0.05) is 35.8 Å². The highest BCUT2D eigenvalue weighted by Gasteiger charge is 2.53. The van der Waals surface area contributed by atoms with Gasteiger partial charge in [0.15, 0.2) is 5.78 Å². The van der Waals surface area contributed by atoms with Crippen LogP contribution in [0.2, 0.25) is 0 Å². The van der Waals surface area contributed by atoms with Gasteiger partial charge in [0, 0.05) is 11.8 Å². The molecular formula is C25H36O4. The summed E-state index contributed by atoms with van der Waals surface area (Å²) in [5.41, 5.74) is 3.97. The first-order chi connectivity index (χ1) is 13.7. The van der Waals surface area contributed by atoms with Crippen molar-refractivity contribution in [3.63, 3.8) is 0 Å². The van der Waals surface area contributed by atoms with Crippen LogP contribution in [0.15, 0.2) is 34.9 Å². The fourth-order valence-electron chi connectivity index (χ4n) is 6.82. The van der Waals surface area contributed by atoms with Crippen molar-refractivity contribution in [1.29, 1.82) is 0 Å². The highest BCUT2D eigenvalue weighted by atomic mass is 16.3. The third kappa shape index (κ3) is 3.68. The molecule has 4 heteroatoms. The van der Waals surface area contributed by atoms with Crippen molar-refractivity contribution in [3.8, 4) is 0 Å². The molecule has 0 radical (unpaired) electrons. The third-order valence-corrected chi connectivity index (χ3v) is 8.44. The lowest BCUT2D eigenvalue weighted by molar-refractivity contribution is -0.119. The van der Waals surface area contributed by atoms with Gasteiger partial charge in [-0.2, -0.15) is 0 Å². The van der Waals surface area contributed by atoms with Crippen molar-refractivity contribution < 1.29 is 20.1 Å². The van der Waals surface area contributed by atoms with Gasteiger partial charge in [0.25, 0.3) is 0 Å². The zero-order valence-electron chi connectivity index (χ0n) is 18.0. The summed E-state index contributed by atoms with van der Waals surface area (Å²) in [7, 11) is 0. The maximum Gasteiger partial charge on any atom is 0.159 e. The SMILES string of the molecule is C/C(=C\[C@@H](O)[C@@H](C)O)[C@H]1CC[C@H]2C3=CC(=O)[C@@H]4CC(=CC[C@H](O)C4)[C@H]3CC[C@]12C. The highest BCUT2D eigenvalue weighted by Crippen LogP contribution is 2.62. The first-order valence-electron chi connectivity index (χ1n) is 11.4. The van der Waals surface area contributed by atoms with Crippen LogP contribution in [0.4, 0.5) is 0 Å². The average molecular weight is 401 g/mol. The maximum atomic E-state index is 13.0. The number of carbonyl (C=O) groups is 1. The summed E-state index contributed by atoms with van der Waals surface area (Å²) in [6.07, 6.45) is 10.4. The zero-order valence-corrected chi connectivity index (χ0v) is 18.0.